The smallest absolute Gasteiger partial charge is 0.349 e. The molecule has 0 radical (unpaired) electrons. The number of hydrogen-bond donors (Lipinski definition) is 0. The molecule has 6 heteroatoms. The van der Waals surface area contributed by atoms with E-state index in [9.17, 15) is 0 Å². The minimum absolute atomic E-state index is 0. The third-order valence-corrected chi connectivity index (χ3v) is 6.31. The number of aromatic nitrogens is 2. The third kappa shape index (κ3) is 4.00. The van der Waals surface area contributed by atoms with Gasteiger partial charge in [-0.1, -0.05) is 56.0 Å². The Bertz CT molecular complexity index is 1600. The van der Waals surface area contributed by atoms with Gasteiger partial charge in [0.05, 0.1) is 0 Å². The molecular weight excluding hydrogens is 607 g/mol. The fourth-order valence-electron chi connectivity index (χ4n) is 3.97. The summed E-state index contributed by atoms with van der Waals surface area (Å²) in [6.07, 6.45) is 5.77. The van der Waals surface area contributed by atoms with Gasteiger partial charge in [0.1, 0.15) is 11.5 Å². The first-order chi connectivity index (χ1) is 15.8. The van der Waals surface area contributed by atoms with Gasteiger partial charge in [-0.15, -0.1) is 28.1 Å². The Morgan fingerprint density at radius 1 is 0.909 bits per heavy atom. The summed E-state index contributed by atoms with van der Waals surface area (Å²) in [5.41, 5.74) is 3.20. The summed E-state index contributed by atoms with van der Waals surface area (Å²) in [5.74, 6) is 0.907. The maximum Gasteiger partial charge on any atom is 2.00 e. The molecule has 0 saturated carbocycles. The van der Waals surface area contributed by atoms with E-state index in [1.807, 2.05) is 65.1 Å². The minimum atomic E-state index is 0. The molecule has 0 fully saturated rings. The molecule has 160 valence electrons. The van der Waals surface area contributed by atoms with Crippen LogP contribution in [0, 0.1) is 12.1 Å². The molecule has 1 aliphatic rings. The predicted molar refractivity (Wildman–Crippen MR) is 127 cm³/mol. The summed E-state index contributed by atoms with van der Waals surface area (Å²) in [5, 5.41) is 2.39. The van der Waals surface area contributed by atoms with E-state index in [0.717, 1.165) is 32.3 Å². The van der Waals surface area contributed by atoms with Gasteiger partial charge in [-0.25, -0.2) is 4.98 Å². The van der Waals surface area contributed by atoms with Crippen LogP contribution in [0.5, 0.6) is 0 Å². The van der Waals surface area contributed by atoms with Gasteiger partial charge in [0.25, 0.3) is 6.20 Å². The van der Waals surface area contributed by atoms with E-state index < -0.39 is 0 Å². The number of pyridine rings is 1. The molecule has 3 heterocycles. The van der Waals surface area contributed by atoms with Crippen LogP contribution in [0.3, 0.4) is 0 Å². The van der Waals surface area contributed by atoms with Crippen LogP contribution >= 0.6 is 11.8 Å². The molecule has 0 aliphatic carbocycles. The van der Waals surface area contributed by atoms with Crippen molar-refractivity contribution < 1.29 is 30.2 Å². The first kappa shape index (κ1) is 21.6. The van der Waals surface area contributed by atoms with Crippen LogP contribution in [0.4, 0.5) is 5.69 Å². The average molecular weight is 626 g/mol. The molecule has 0 saturated heterocycles. The fraction of sp³-hybridized carbons (Fsp3) is 0.0370. The Labute approximate surface area is 210 Å². The summed E-state index contributed by atoms with van der Waals surface area (Å²) < 4.78 is 6.04. The van der Waals surface area contributed by atoms with Crippen molar-refractivity contribution in [1.82, 2.24) is 9.55 Å². The van der Waals surface area contributed by atoms with Gasteiger partial charge in [0.15, 0.2) is 7.05 Å². The van der Waals surface area contributed by atoms with Gasteiger partial charge in [-0.2, -0.15) is 24.3 Å². The molecule has 6 rings (SSSR count). The Morgan fingerprint density at radius 3 is 2.61 bits per heavy atom. The van der Waals surface area contributed by atoms with Crippen molar-refractivity contribution >= 4 is 45.3 Å². The predicted octanol–water partition coefficient (Wildman–Crippen LogP) is 5.87. The van der Waals surface area contributed by atoms with E-state index in [0.29, 0.717) is 0 Å². The van der Waals surface area contributed by atoms with Gasteiger partial charge in [0, 0.05) is 11.7 Å². The largest absolute Gasteiger partial charge is 2.00 e. The molecule has 5 aromatic rings. The quantitative estimate of drug-likeness (QED) is 0.184. The van der Waals surface area contributed by atoms with Crippen LogP contribution in [-0.2, 0) is 21.1 Å². The standard InChI is InChI=1S/C27H18N4S.Pt/c1-29-15-16-30(19-29)20-7-6-8-21(17-20)32-22-12-13-26-24(18-22)23-9-2-3-10-25(23)31(26)27-11-4-5-14-28-27;/h2-11,13-16,18H,1H3;/q;+2. The molecule has 1 aliphatic heterocycles. The van der Waals surface area contributed by atoms with E-state index in [1.165, 1.54) is 10.8 Å². The maximum atomic E-state index is 4.58. The normalized spacial score (nSPS) is 12.6. The molecule has 0 atom stereocenters. The van der Waals surface area contributed by atoms with Gasteiger partial charge < -0.3 is 4.57 Å². The van der Waals surface area contributed by atoms with Crippen LogP contribution in [0.25, 0.3) is 27.6 Å². The van der Waals surface area contributed by atoms with Crippen LogP contribution in [0.1, 0.15) is 0 Å². The minimum Gasteiger partial charge on any atom is -0.349 e. The molecule has 0 unspecified atom stereocenters. The van der Waals surface area contributed by atoms with Crippen molar-refractivity contribution in [2.24, 2.45) is 0 Å². The maximum absolute atomic E-state index is 4.58. The number of benzene rings is 3. The molecule has 3 aromatic carbocycles. The van der Waals surface area contributed by atoms with Crippen LogP contribution < -0.4 is 0 Å². The van der Waals surface area contributed by atoms with Crippen molar-refractivity contribution in [3.8, 4) is 5.82 Å². The monoisotopic (exact) mass is 625 g/mol. The molecule has 0 amide bonds. The molecule has 4 nitrogen and oxygen atoms in total. The van der Waals surface area contributed by atoms with Crippen molar-refractivity contribution in [1.29, 1.82) is 0 Å². The molecule has 0 N–H and O–H groups in total. The average Bonchev–Trinajstić information content (AvgIpc) is 3.41. The van der Waals surface area contributed by atoms with Crippen LogP contribution in [0.15, 0.2) is 101 Å². The van der Waals surface area contributed by atoms with Crippen molar-refractivity contribution in [3.05, 3.63) is 104 Å². The van der Waals surface area contributed by atoms with E-state index in [-0.39, 0.29) is 21.1 Å². The Kier molecular flexibility index (Phi) is 5.86. The Hall–Kier alpha value is -3.23. The molecule has 0 spiro atoms. The Balaban J connectivity index is 0.00000228. The summed E-state index contributed by atoms with van der Waals surface area (Å²) >= 11 is 1.66. The van der Waals surface area contributed by atoms with Crippen molar-refractivity contribution in [3.63, 3.8) is 0 Å². The zero-order chi connectivity index (χ0) is 21.5. The fourth-order valence-corrected chi connectivity index (χ4v) is 4.81. The number of rotatable bonds is 4. The summed E-state index contributed by atoms with van der Waals surface area (Å²) in [4.78, 5) is 6.67. The third-order valence-electron chi connectivity index (χ3n) is 5.39. The number of hydrogen-bond acceptors (Lipinski definition) is 2. The van der Waals surface area contributed by atoms with Crippen molar-refractivity contribution in [2.45, 2.75) is 9.79 Å². The van der Waals surface area contributed by atoms with Crippen LogP contribution in [-0.4, -0.2) is 31.8 Å². The zero-order valence-electron chi connectivity index (χ0n) is 17.7. The van der Waals surface area contributed by atoms with E-state index in [4.69, 9.17) is 0 Å². The van der Waals surface area contributed by atoms with Gasteiger partial charge >= 0.3 is 27.1 Å². The number of fused-ring (bicyclic) bond motifs is 3. The number of nitrogens with zero attached hydrogens (tertiary/aromatic N) is 4. The van der Waals surface area contributed by atoms with Gasteiger partial charge in [-0.05, 0) is 23.6 Å². The first-order valence-electron chi connectivity index (χ1n) is 10.3. The van der Waals surface area contributed by atoms with Crippen molar-refractivity contribution in [2.75, 3.05) is 7.05 Å². The second-order valence-corrected chi connectivity index (χ2v) is 8.60. The second kappa shape index (κ2) is 8.96. The summed E-state index contributed by atoms with van der Waals surface area (Å²) in [6, 6.07) is 35.1. The second-order valence-electron chi connectivity index (χ2n) is 7.52. The van der Waals surface area contributed by atoms with E-state index in [2.05, 4.69) is 70.2 Å². The molecule has 0 bridgehead atoms. The van der Waals surface area contributed by atoms with Crippen LogP contribution in [0.2, 0.25) is 0 Å². The summed E-state index contributed by atoms with van der Waals surface area (Å²) in [6.45, 7) is 0. The SMILES string of the molecule is C[N+]1=C=[N+](c2[c-]c(Sc3[c-]cc4c(c3)c3ccccc3n4-c3ccccn3)ccc2)C=C1.[Pt+2]. The number of para-hydroxylation sites is 1. The molecule has 2 aromatic heterocycles. The Morgan fingerprint density at radius 2 is 1.79 bits per heavy atom. The first-order valence-corrected chi connectivity index (χ1v) is 11.1. The molecular formula is C27H18N4PtS+2. The molecule has 33 heavy (non-hydrogen) atoms. The summed E-state index contributed by atoms with van der Waals surface area (Å²) in [7, 11) is 1.96. The van der Waals surface area contributed by atoms with E-state index in [1.54, 1.807) is 11.8 Å². The zero-order valence-corrected chi connectivity index (χ0v) is 20.8. The van der Waals surface area contributed by atoms with Gasteiger partial charge in [0.2, 0.25) is 6.20 Å². The van der Waals surface area contributed by atoms with Gasteiger partial charge in [-0.3, -0.25) is 0 Å². The topological polar surface area (TPSA) is 23.8 Å². The van der Waals surface area contributed by atoms with E-state index >= 15 is 0 Å².